The first-order valence-corrected chi connectivity index (χ1v) is 5.88. The molecule has 0 aliphatic heterocycles. The minimum atomic E-state index is 0.158. The second kappa shape index (κ2) is 5.32. The lowest BCUT2D eigenvalue weighted by atomic mass is 10.2. The third-order valence-electron chi connectivity index (χ3n) is 2.21. The second-order valence-corrected chi connectivity index (χ2v) is 4.49. The van der Waals surface area contributed by atoms with Gasteiger partial charge in [0.05, 0.1) is 0 Å². The van der Waals surface area contributed by atoms with Gasteiger partial charge in [-0.05, 0) is 25.9 Å². The standard InChI is InChI=1S/C10H18N2OS/c1-4-11-5-8(2)6-12-9(3)7-14-10(12)13/h7-8,11H,4-6H2,1-3H3. The second-order valence-electron chi connectivity index (χ2n) is 3.67. The van der Waals surface area contributed by atoms with E-state index in [-0.39, 0.29) is 4.87 Å². The molecule has 4 heteroatoms. The predicted octanol–water partition coefficient (Wildman–Crippen LogP) is 1.46. The third kappa shape index (κ3) is 2.96. The fourth-order valence-electron chi connectivity index (χ4n) is 1.39. The van der Waals surface area contributed by atoms with Gasteiger partial charge in [0.15, 0.2) is 0 Å². The third-order valence-corrected chi connectivity index (χ3v) is 3.09. The zero-order valence-electron chi connectivity index (χ0n) is 9.04. The van der Waals surface area contributed by atoms with Gasteiger partial charge in [0.2, 0.25) is 0 Å². The van der Waals surface area contributed by atoms with Crippen molar-refractivity contribution in [1.82, 2.24) is 9.88 Å². The molecular formula is C10H18N2OS. The van der Waals surface area contributed by atoms with E-state index in [2.05, 4.69) is 19.2 Å². The lowest BCUT2D eigenvalue weighted by Crippen LogP contribution is -2.27. The molecule has 0 bridgehead atoms. The first kappa shape index (κ1) is 11.5. The summed E-state index contributed by atoms with van der Waals surface area (Å²) in [6.07, 6.45) is 0. The highest BCUT2D eigenvalue weighted by atomic mass is 32.1. The van der Waals surface area contributed by atoms with E-state index in [4.69, 9.17) is 0 Å². The normalized spacial score (nSPS) is 13.1. The van der Waals surface area contributed by atoms with Gasteiger partial charge in [-0.3, -0.25) is 4.79 Å². The van der Waals surface area contributed by atoms with E-state index in [1.807, 2.05) is 16.9 Å². The molecule has 0 aliphatic carbocycles. The van der Waals surface area contributed by atoms with Crippen molar-refractivity contribution in [2.45, 2.75) is 27.3 Å². The summed E-state index contributed by atoms with van der Waals surface area (Å²) in [5, 5.41) is 5.21. The van der Waals surface area contributed by atoms with Crippen LogP contribution in [0.2, 0.25) is 0 Å². The Hall–Kier alpha value is -0.610. The van der Waals surface area contributed by atoms with Crippen LogP contribution in [0.3, 0.4) is 0 Å². The lowest BCUT2D eigenvalue weighted by Gasteiger charge is -2.12. The van der Waals surface area contributed by atoms with Crippen LogP contribution in [0.15, 0.2) is 10.2 Å². The van der Waals surface area contributed by atoms with Crippen molar-refractivity contribution in [3.05, 3.63) is 20.7 Å². The molecule has 1 heterocycles. The average Bonchev–Trinajstić information content (AvgIpc) is 2.46. The number of hydrogen-bond donors (Lipinski definition) is 1. The van der Waals surface area contributed by atoms with Crippen molar-refractivity contribution >= 4 is 11.3 Å². The summed E-state index contributed by atoms with van der Waals surface area (Å²) in [6, 6.07) is 0. The highest BCUT2D eigenvalue weighted by molar-refractivity contribution is 7.07. The molecule has 0 aliphatic rings. The Morgan fingerprint density at radius 1 is 1.64 bits per heavy atom. The SMILES string of the molecule is CCNCC(C)Cn1c(C)csc1=O. The maximum Gasteiger partial charge on any atom is 0.307 e. The Bertz CT molecular complexity index is 329. The molecule has 0 spiro atoms. The van der Waals surface area contributed by atoms with Crippen LogP contribution in [0.1, 0.15) is 19.5 Å². The summed E-state index contributed by atoms with van der Waals surface area (Å²) in [7, 11) is 0. The molecular weight excluding hydrogens is 196 g/mol. The summed E-state index contributed by atoms with van der Waals surface area (Å²) < 4.78 is 1.85. The maximum absolute atomic E-state index is 11.4. The van der Waals surface area contributed by atoms with Gasteiger partial charge in [-0.25, -0.2) is 0 Å². The number of hydrogen-bond acceptors (Lipinski definition) is 3. The van der Waals surface area contributed by atoms with Gasteiger partial charge in [0.25, 0.3) is 0 Å². The Balaban J connectivity index is 2.55. The lowest BCUT2D eigenvalue weighted by molar-refractivity contribution is 0.443. The minimum Gasteiger partial charge on any atom is -0.317 e. The summed E-state index contributed by atoms with van der Waals surface area (Å²) in [6.45, 7) is 9.01. The molecule has 80 valence electrons. The van der Waals surface area contributed by atoms with Crippen LogP contribution in [0, 0.1) is 12.8 Å². The summed E-state index contributed by atoms with van der Waals surface area (Å²) in [4.78, 5) is 11.6. The number of nitrogens with zero attached hydrogens (tertiary/aromatic N) is 1. The number of thiazole rings is 1. The predicted molar refractivity (Wildman–Crippen MR) is 61.0 cm³/mol. The highest BCUT2D eigenvalue weighted by Crippen LogP contribution is 2.04. The zero-order chi connectivity index (χ0) is 10.6. The Morgan fingerprint density at radius 3 is 2.86 bits per heavy atom. The molecule has 0 amide bonds. The molecule has 0 radical (unpaired) electrons. The fourth-order valence-corrected chi connectivity index (χ4v) is 2.14. The quantitative estimate of drug-likeness (QED) is 0.805. The maximum atomic E-state index is 11.4. The van der Waals surface area contributed by atoms with Crippen molar-refractivity contribution in [1.29, 1.82) is 0 Å². The van der Waals surface area contributed by atoms with Gasteiger partial charge in [0.1, 0.15) is 0 Å². The highest BCUT2D eigenvalue weighted by Gasteiger charge is 2.07. The van der Waals surface area contributed by atoms with Gasteiger partial charge >= 0.3 is 4.87 Å². The van der Waals surface area contributed by atoms with E-state index < -0.39 is 0 Å². The van der Waals surface area contributed by atoms with Gasteiger partial charge in [-0.1, -0.05) is 25.2 Å². The smallest absolute Gasteiger partial charge is 0.307 e. The molecule has 0 fully saturated rings. The van der Waals surface area contributed by atoms with Crippen LogP contribution in [-0.2, 0) is 6.54 Å². The topological polar surface area (TPSA) is 34.0 Å². The van der Waals surface area contributed by atoms with E-state index in [1.165, 1.54) is 11.3 Å². The molecule has 1 N–H and O–H groups in total. The van der Waals surface area contributed by atoms with Crippen molar-refractivity contribution in [2.75, 3.05) is 13.1 Å². The Morgan fingerprint density at radius 2 is 2.36 bits per heavy atom. The number of rotatable bonds is 5. The van der Waals surface area contributed by atoms with E-state index in [1.54, 1.807) is 0 Å². The largest absolute Gasteiger partial charge is 0.317 e. The van der Waals surface area contributed by atoms with E-state index in [0.717, 1.165) is 25.3 Å². The molecule has 1 atom stereocenters. The van der Waals surface area contributed by atoms with E-state index >= 15 is 0 Å². The van der Waals surface area contributed by atoms with Crippen LogP contribution < -0.4 is 10.2 Å². The summed E-state index contributed by atoms with van der Waals surface area (Å²) in [5.74, 6) is 0.501. The summed E-state index contributed by atoms with van der Waals surface area (Å²) >= 11 is 1.28. The first-order valence-electron chi connectivity index (χ1n) is 5.00. The molecule has 1 rings (SSSR count). The van der Waals surface area contributed by atoms with Crippen molar-refractivity contribution in [3.63, 3.8) is 0 Å². The molecule has 3 nitrogen and oxygen atoms in total. The van der Waals surface area contributed by atoms with Crippen LogP contribution >= 0.6 is 11.3 Å². The average molecular weight is 214 g/mol. The fraction of sp³-hybridized carbons (Fsp3) is 0.700. The van der Waals surface area contributed by atoms with Crippen LogP contribution in [0.25, 0.3) is 0 Å². The Labute approximate surface area is 88.8 Å². The van der Waals surface area contributed by atoms with Gasteiger partial charge < -0.3 is 9.88 Å². The Kier molecular flexibility index (Phi) is 4.35. The number of aromatic nitrogens is 1. The number of aryl methyl sites for hydroxylation is 1. The molecule has 14 heavy (non-hydrogen) atoms. The first-order chi connectivity index (χ1) is 6.65. The van der Waals surface area contributed by atoms with Gasteiger partial charge in [-0.15, -0.1) is 0 Å². The van der Waals surface area contributed by atoms with Crippen molar-refractivity contribution in [3.8, 4) is 0 Å². The van der Waals surface area contributed by atoms with Crippen molar-refractivity contribution in [2.24, 2.45) is 5.92 Å². The molecule has 0 saturated carbocycles. The monoisotopic (exact) mass is 214 g/mol. The van der Waals surface area contributed by atoms with Gasteiger partial charge in [0, 0.05) is 17.6 Å². The number of nitrogens with one attached hydrogen (secondary N) is 1. The van der Waals surface area contributed by atoms with Crippen molar-refractivity contribution < 1.29 is 0 Å². The van der Waals surface area contributed by atoms with Crippen LogP contribution in [0.4, 0.5) is 0 Å². The molecule has 0 aromatic carbocycles. The summed E-state index contributed by atoms with van der Waals surface area (Å²) in [5.41, 5.74) is 1.07. The molecule has 1 aromatic rings. The van der Waals surface area contributed by atoms with Gasteiger partial charge in [-0.2, -0.15) is 0 Å². The van der Waals surface area contributed by atoms with E-state index in [0.29, 0.717) is 5.92 Å². The molecule has 0 saturated heterocycles. The van der Waals surface area contributed by atoms with Crippen LogP contribution in [-0.4, -0.2) is 17.7 Å². The zero-order valence-corrected chi connectivity index (χ0v) is 9.86. The molecule has 1 unspecified atom stereocenters. The molecule has 1 aromatic heterocycles. The minimum absolute atomic E-state index is 0.158. The van der Waals surface area contributed by atoms with Crippen LogP contribution in [0.5, 0.6) is 0 Å². The van der Waals surface area contributed by atoms with E-state index in [9.17, 15) is 4.79 Å².